The summed E-state index contributed by atoms with van der Waals surface area (Å²) in [6, 6.07) is 18.0. The van der Waals surface area contributed by atoms with E-state index in [1.165, 1.54) is 12.1 Å². The molecule has 0 spiro atoms. The molecule has 3 aromatic carbocycles. The van der Waals surface area contributed by atoms with Gasteiger partial charge in [0.1, 0.15) is 0 Å². The Labute approximate surface area is 187 Å². The molecule has 1 aliphatic heterocycles. The molecule has 0 atom stereocenters. The van der Waals surface area contributed by atoms with Crippen LogP contribution in [-0.2, 0) is 19.1 Å². The highest BCUT2D eigenvalue weighted by Gasteiger charge is 2.35. The van der Waals surface area contributed by atoms with Gasteiger partial charge in [0, 0.05) is 12.1 Å². The molecule has 3 amide bonds. The van der Waals surface area contributed by atoms with Crippen LogP contribution in [0.3, 0.4) is 0 Å². The molecular weight excluding hydrogens is 433 g/mol. The number of carbonyl (C=O) groups excluding carboxylic acids is 3. The van der Waals surface area contributed by atoms with Crippen molar-refractivity contribution in [3.63, 3.8) is 0 Å². The highest BCUT2D eigenvalue weighted by atomic mass is 19.4. The van der Waals surface area contributed by atoms with Gasteiger partial charge in [-0.25, -0.2) is 0 Å². The Morgan fingerprint density at radius 2 is 1.45 bits per heavy atom. The minimum Gasteiger partial charge on any atom is -0.352 e. The second-order valence-electron chi connectivity index (χ2n) is 7.64. The lowest BCUT2D eigenvalue weighted by Crippen LogP contribution is -2.29. The van der Waals surface area contributed by atoms with E-state index in [0.29, 0.717) is 34.2 Å². The van der Waals surface area contributed by atoms with Crippen LogP contribution >= 0.6 is 0 Å². The van der Waals surface area contributed by atoms with Gasteiger partial charge in [-0.1, -0.05) is 36.4 Å². The quantitative estimate of drug-likeness (QED) is 0.561. The summed E-state index contributed by atoms with van der Waals surface area (Å²) in [5.74, 6) is -1.10. The molecule has 0 radical (unpaired) electrons. The van der Waals surface area contributed by atoms with E-state index in [9.17, 15) is 27.6 Å². The van der Waals surface area contributed by atoms with Gasteiger partial charge in [0.15, 0.2) is 0 Å². The van der Waals surface area contributed by atoms with Crippen molar-refractivity contribution >= 4 is 17.7 Å². The molecule has 8 heteroatoms. The summed E-state index contributed by atoms with van der Waals surface area (Å²) in [6.07, 6.45) is -4.01. The number of nitrogens with one attached hydrogen (secondary N) is 1. The van der Waals surface area contributed by atoms with Crippen LogP contribution in [0.2, 0.25) is 0 Å². The van der Waals surface area contributed by atoms with Gasteiger partial charge in [-0.15, -0.1) is 0 Å². The average Bonchev–Trinajstić information content (AvgIpc) is 3.04. The standard InChI is InChI=1S/C25H19F3N2O3/c26-25(27,28)19-10-8-16(9-11-19)12-13-29-22(31)18-5-3-4-17(14-18)15-30-23(32)20-6-1-2-7-21(20)24(30)33/h1-11,14H,12-13,15H2,(H,29,31). The number of halogens is 3. The number of benzene rings is 3. The average molecular weight is 452 g/mol. The summed E-state index contributed by atoms with van der Waals surface area (Å²) < 4.78 is 37.9. The van der Waals surface area contributed by atoms with E-state index in [4.69, 9.17) is 0 Å². The van der Waals surface area contributed by atoms with Crippen molar-refractivity contribution in [1.82, 2.24) is 10.2 Å². The maximum Gasteiger partial charge on any atom is 0.416 e. The van der Waals surface area contributed by atoms with Gasteiger partial charge in [-0.2, -0.15) is 13.2 Å². The topological polar surface area (TPSA) is 66.5 Å². The molecule has 1 N–H and O–H groups in total. The molecule has 0 unspecified atom stereocenters. The van der Waals surface area contributed by atoms with Crippen LogP contribution in [0.1, 0.15) is 47.8 Å². The Balaban J connectivity index is 1.35. The smallest absolute Gasteiger partial charge is 0.352 e. The second kappa shape index (κ2) is 8.90. The summed E-state index contributed by atoms with van der Waals surface area (Å²) in [5.41, 5.74) is 1.66. The van der Waals surface area contributed by atoms with Gasteiger partial charge in [0.05, 0.1) is 23.2 Å². The van der Waals surface area contributed by atoms with Gasteiger partial charge in [0.2, 0.25) is 0 Å². The van der Waals surface area contributed by atoms with Crippen LogP contribution < -0.4 is 5.32 Å². The first-order valence-electron chi connectivity index (χ1n) is 10.2. The number of hydrogen-bond acceptors (Lipinski definition) is 3. The number of fused-ring (bicyclic) bond motifs is 1. The van der Waals surface area contributed by atoms with E-state index in [1.807, 2.05) is 0 Å². The third-order valence-corrected chi connectivity index (χ3v) is 5.39. The van der Waals surface area contributed by atoms with E-state index in [2.05, 4.69) is 5.32 Å². The van der Waals surface area contributed by atoms with Gasteiger partial charge >= 0.3 is 6.18 Å². The number of amides is 3. The molecule has 0 bridgehead atoms. The van der Waals surface area contributed by atoms with Crippen molar-refractivity contribution in [3.05, 3.63) is 106 Å². The Bertz CT molecular complexity index is 1190. The van der Waals surface area contributed by atoms with Gasteiger partial charge in [-0.3, -0.25) is 19.3 Å². The lowest BCUT2D eigenvalue weighted by atomic mass is 10.1. The molecule has 4 rings (SSSR count). The number of nitrogens with zero attached hydrogens (tertiary/aromatic N) is 1. The SMILES string of the molecule is O=C(NCCc1ccc(C(F)(F)F)cc1)c1cccc(CN2C(=O)c3ccccc3C2=O)c1. The lowest BCUT2D eigenvalue weighted by Gasteiger charge is -2.14. The number of alkyl halides is 3. The van der Waals surface area contributed by atoms with E-state index >= 15 is 0 Å². The minimum absolute atomic E-state index is 0.0407. The first-order valence-corrected chi connectivity index (χ1v) is 10.2. The predicted molar refractivity (Wildman–Crippen MR) is 115 cm³/mol. The summed E-state index contributed by atoms with van der Waals surface area (Å²) >= 11 is 0. The molecule has 0 fully saturated rings. The Morgan fingerprint density at radius 3 is 2.06 bits per heavy atom. The Kier molecular flexibility index (Phi) is 6.00. The lowest BCUT2D eigenvalue weighted by molar-refractivity contribution is -0.137. The van der Waals surface area contributed by atoms with E-state index in [0.717, 1.165) is 17.0 Å². The highest BCUT2D eigenvalue weighted by Crippen LogP contribution is 2.29. The largest absolute Gasteiger partial charge is 0.416 e. The fourth-order valence-corrected chi connectivity index (χ4v) is 3.66. The van der Waals surface area contributed by atoms with Gasteiger partial charge in [-0.05, 0) is 53.9 Å². The van der Waals surface area contributed by atoms with Crippen LogP contribution in [0.25, 0.3) is 0 Å². The first kappa shape index (κ1) is 22.3. The normalized spacial score (nSPS) is 13.2. The van der Waals surface area contributed by atoms with Crippen molar-refractivity contribution in [2.45, 2.75) is 19.1 Å². The Hall–Kier alpha value is -3.94. The molecule has 1 heterocycles. The molecule has 3 aromatic rings. The Morgan fingerprint density at radius 1 is 0.818 bits per heavy atom. The molecule has 5 nitrogen and oxygen atoms in total. The van der Waals surface area contributed by atoms with Crippen molar-refractivity contribution in [2.75, 3.05) is 6.54 Å². The second-order valence-corrected chi connectivity index (χ2v) is 7.64. The van der Waals surface area contributed by atoms with E-state index in [1.54, 1.807) is 48.5 Å². The molecule has 0 aromatic heterocycles. The minimum atomic E-state index is -4.38. The van der Waals surface area contributed by atoms with Gasteiger partial charge in [0.25, 0.3) is 17.7 Å². The van der Waals surface area contributed by atoms with Crippen molar-refractivity contribution in [1.29, 1.82) is 0 Å². The van der Waals surface area contributed by atoms with E-state index < -0.39 is 11.7 Å². The predicted octanol–water partition coefficient (Wildman–Crippen LogP) is 4.47. The third kappa shape index (κ3) is 4.79. The number of rotatable bonds is 6. The van der Waals surface area contributed by atoms with Crippen molar-refractivity contribution in [3.8, 4) is 0 Å². The number of hydrogen-bond donors (Lipinski definition) is 1. The molecule has 33 heavy (non-hydrogen) atoms. The third-order valence-electron chi connectivity index (χ3n) is 5.39. The fourth-order valence-electron chi connectivity index (χ4n) is 3.66. The maximum atomic E-state index is 12.6. The zero-order valence-electron chi connectivity index (χ0n) is 17.4. The molecular formula is C25H19F3N2O3. The number of carbonyl (C=O) groups is 3. The number of imide groups is 1. The zero-order chi connectivity index (χ0) is 23.6. The molecule has 0 saturated carbocycles. The first-order chi connectivity index (χ1) is 15.7. The zero-order valence-corrected chi connectivity index (χ0v) is 17.4. The van der Waals surface area contributed by atoms with Crippen molar-refractivity contribution in [2.24, 2.45) is 0 Å². The maximum absolute atomic E-state index is 12.6. The molecule has 1 aliphatic rings. The summed E-state index contributed by atoms with van der Waals surface area (Å²) in [6.45, 7) is 0.284. The van der Waals surface area contributed by atoms with Crippen LogP contribution in [0.15, 0.2) is 72.8 Å². The summed E-state index contributed by atoms with van der Waals surface area (Å²) in [7, 11) is 0. The monoisotopic (exact) mass is 452 g/mol. The van der Waals surface area contributed by atoms with Crippen molar-refractivity contribution < 1.29 is 27.6 Å². The van der Waals surface area contributed by atoms with Crippen LogP contribution in [-0.4, -0.2) is 29.2 Å². The van der Waals surface area contributed by atoms with E-state index in [-0.39, 0.29) is 30.8 Å². The summed E-state index contributed by atoms with van der Waals surface area (Å²) in [5, 5.41) is 2.74. The molecule has 168 valence electrons. The van der Waals surface area contributed by atoms with Crippen LogP contribution in [0.5, 0.6) is 0 Å². The highest BCUT2D eigenvalue weighted by molar-refractivity contribution is 6.21. The van der Waals surface area contributed by atoms with Crippen LogP contribution in [0.4, 0.5) is 13.2 Å². The molecule has 0 saturated heterocycles. The van der Waals surface area contributed by atoms with Crippen LogP contribution in [0, 0.1) is 0 Å². The molecule has 0 aliphatic carbocycles. The fraction of sp³-hybridized carbons (Fsp3) is 0.160. The van der Waals surface area contributed by atoms with Gasteiger partial charge < -0.3 is 5.32 Å². The summed E-state index contributed by atoms with van der Waals surface area (Å²) in [4.78, 5) is 38.7.